The fraction of sp³-hybridized carbons (Fsp3) is 0.316. The van der Waals surface area contributed by atoms with E-state index >= 15 is 0 Å². The Kier molecular flexibility index (Phi) is 5.86. The van der Waals surface area contributed by atoms with E-state index in [9.17, 15) is 4.79 Å². The van der Waals surface area contributed by atoms with Crippen LogP contribution in [0.15, 0.2) is 42.5 Å². The molecule has 2 aromatic carbocycles. The first-order valence-electron chi connectivity index (χ1n) is 8.04. The number of rotatable bonds is 6. The monoisotopic (exact) mass is 345 g/mol. The summed E-state index contributed by atoms with van der Waals surface area (Å²) in [6.45, 7) is 4.91. The quantitative estimate of drug-likeness (QED) is 0.751. The van der Waals surface area contributed by atoms with E-state index in [0.29, 0.717) is 22.9 Å². The molecular weight excluding hydrogens is 326 g/mol. The summed E-state index contributed by atoms with van der Waals surface area (Å²) in [5.41, 5.74) is 2.45. The molecule has 0 atom stereocenters. The van der Waals surface area contributed by atoms with E-state index in [2.05, 4.69) is 4.90 Å². The number of halogens is 1. The minimum atomic E-state index is 0.596. The highest BCUT2D eigenvalue weighted by Gasteiger charge is 2.11. The van der Waals surface area contributed by atoms with Crippen LogP contribution in [0, 0.1) is 0 Å². The highest BCUT2D eigenvalue weighted by Crippen LogP contribution is 2.27. The molecule has 1 fully saturated rings. The van der Waals surface area contributed by atoms with E-state index in [0.717, 1.165) is 50.3 Å². The van der Waals surface area contributed by atoms with Gasteiger partial charge in [0.25, 0.3) is 0 Å². The maximum Gasteiger partial charge on any atom is 0.150 e. The van der Waals surface area contributed by atoms with Gasteiger partial charge in [0, 0.05) is 30.2 Å². The van der Waals surface area contributed by atoms with E-state index in [1.807, 2.05) is 36.4 Å². The summed E-state index contributed by atoms with van der Waals surface area (Å²) in [4.78, 5) is 13.7. The molecule has 1 aliphatic rings. The third-order valence-electron chi connectivity index (χ3n) is 4.09. The van der Waals surface area contributed by atoms with Crippen LogP contribution in [0.1, 0.15) is 10.4 Å². The minimum absolute atomic E-state index is 0.596. The Morgan fingerprint density at radius 3 is 2.58 bits per heavy atom. The molecule has 1 heterocycles. The summed E-state index contributed by atoms with van der Waals surface area (Å²) in [5, 5.41) is 0.675. The van der Waals surface area contributed by atoms with Gasteiger partial charge in [-0.3, -0.25) is 9.69 Å². The maximum absolute atomic E-state index is 11.4. The van der Waals surface area contributed by atoms with E-state index in [1.54, 1.807) is 6.07 Å². The number of aldehydes is 1. The molecule has 126 valence electrons. The van der Waals surface area contributed by atoms with Crippen LogP contribution < -0.4 is 4.74 Å². The lowest BCUT2D eigenvalue weighted by Gasteiger charge is -2.26. The van der Waals surface area contributed by atoms with Crippen molar-refractivity contribution in [3.8, 4) is 16.9 Å². The van der Waals surface area contributed by atoms with E-state index < -0.39 is 0 Å². The summed E-state index contributed by atoms with van der Waals surface area (Å²) >= 11 is 5.92. The van der Waals surface area contributed by atoms with Crippen molar-refractivity contribution in [2.24, 2.45) is 0 Å². The Morgan fingerprint density at radius 1 is 1.12 bits per heavy atom. The molecule has 1 aliphatic heterocycles. The van der Waals surface area contributed by atoms with Gasteiger partial charge in [-0.25, -0.2) is 0 Å². The van der Waals surface area contributed by atoms with Gasteiger partial charge in [-0.15, -0.1) is 0 Å². The van der Waals surface area contributed by atoms with Crippen LogP contribution in [0.3, 0.4) is 0 Å². The summed E-state index contributed by atoms with van der Waals surface area (Å²) in [6, 6.07) is 13.0. The molecule has 0 aromatic heterocycles. The van der Waals surface area contributed by atoms with Crippen molar-refractivity contribution in [1.82, 2.24) is 4.90 Å². The third-order valence-corrected chi connectivity index (χ3v) is 4.34. The first-order chi connectivity index (χ1) is 11.8. The lowest BCUT2D eigenvalue weighted by atomic mass is 10.0. The smallest absolute Gasteiger partial charge is 0.150 e. The predicted molar refractivity (Wildman–Crippen MR) is 95.0 cm³/mol. The first kappa shape index (κ1) is 17.0. The zero-order valence-electron chi connectivity index (χ0n) is 13.4. The standard InChI is InChI=1S/C19H20ClNO3/c20-17-3-1-15(2-4-17)19-6-5-18(13-16(19)14-22)24-12-9-21-7-10-23-11-8-21/h1-6,13-14H,7-12H2. The zero-order valence-corrected chi connectivity index (χ0v) is 14.2. The lowest BCUT2D eigenvalue weighted by Crippen LogP contribution is -2.38. The van der Waals surface area contributed by atoms with Crippen LogP contribution in [0.4, 0.5) is 0 Å². The third kappa shape index (κ3) is 4.35. The van der Waals surface area contributed by atoms with Gasteiger partial charge >= 0.3 is 0 Å². The predicted octanol–water partition coefficient (Wildman–Crippen LogP) is 3.53. The Bertz CT molecular complexity index is 682. The second-order valence-corrected chi connectivity index (χ2v) is 6.11. The van der Waals surface area contributed by atoms with Gasteiger partial charge in [0.1, 0.15) is 12.4 Å². The highest BCUT2D eigenvalue weighted by molar-refractivity contribution is 6.30. The molecule has 0 bridgehead atoms. The van der Waals surface area contributed by atoms with Crippen LogP contribution in [0.5, 0.6) is 5.75 Å². The number of hydrogen-bond acceptors (Lipinski definition) is 4. The number of benzene rings is 2. The molecule has 3 rings (SSSR count). The number of ether oxygens (including phenoxy) is 2. The Labute approximate surface area is 146 Å². The number of hydrogen-bond donors (Lipinski definition) is 0. The van der Waals surface area contributed by atoms with Crippen molar-refractivity contribution in [1.29, 1.82) is 0 Å². The van der Waals surface area contributed by atoms with Crippen molar-refractivity contribution < 1.29 is 14.3 Å². The molecule has 2 aromatic rings. The summed E-state index contributed by atoms with van der Waals surface area (Å²) < 4.78 is 11.1. The summed E-state index contributed by atoms with van der Waals surface area (Å²) in [6.07, 6.45) is 0.860. The second-order valence-electron chi connectivity index (χ2n) is 5.68. The average molecular weight is 346 g/mol. The number of carbonyl (C=O) groups excluding carboxylic acids is 1. The van der Waals surface area contributed by atoms with E-state index in [4.69, 9.17) is 21.1 Å². The van der Waals surface area contributed by atoms with Crippen molar-refractivity contribution in [2.75, 3.05) is 39.5 Å². The van der Waals surface area contributed by atoms with Crippen molar-refractivity contribution in [3.63, 3.8) is 0 Å². The largest absolute Gasteiger partial charge is 0.492 e. The Morgan fingerprint density at radius 2 is 1.88 bits per heavy atom. The van der Waals surface area contributed by atoms with Gasteiger partial charge in [-0.2, -0.15) is 0 Å². The first-order valence-corrected chi connectivity index (χ1v) is 8.42. The maximum atomic E-state index is 11.4. The van der Waals surface area contributed by atoms with E-state index in [1.165, 1.54) is 0 Å². The summed E-state index contributed by atoms with van der Waals surface area (Å²) in [7, 11) is 0. The molecule has 0 spiro atoms. The molecule has 1 saturated heterocycles. The van der Waals surface area contributed by atoms with Crippen LogP contribution in [0.25, 0.3) is 11.1 Å². The molecule has 0 radical (unpaired) electrons. The van der Waals surface area contributed by atoms with Crippen LogP contribution in [0.2, 0.25) is 5.02 Å². The van der Waals surface area contributed by atoms with Gasteiger partial charge in [0.2, 0.25) is 0 Å². The minimum Gasteiger partial charge on any atom is -0.492 e. The van der Waals surface area contributed by atoms with Crippen LogP contribution in [-0.4, -0.2) is 50.6 Å². The summed E-state index contributed by atoms with van der Waals surface area (Å²) in [5.74, 6) is 0.711. The topological polar surface area (TPSA) is 38.8 Å². The van der Waals surface area contributed by atoms with Crippen molar-refractivity contribution in [3.05, 3.63) is 53.1 Å². The molecule has 5 heteroatoms. The Balaban J connectivity index is 1.65. The lowest BCUT2D eigenvalue weighted by molar-refractivity contribution is 0.0322. The van der Waals surface area contributed by atoms with Gasteiger partial charge in [-0.05, 0) is 41.5 Å². The molecule has 0 N–H and O–H groups in total. The molecule has 0 amide bonds. The number of nitrogens with zero attached hydrogens (tertiary/aromatic N) is 1. The van der Waals surface area contributed by atoms with E-state index in [-0.39, 0.29) is 0 Å². The van der Waals surface area contributed by atoms with Crippen molar-refractivity contribution in [2.45, 2.75) is 0 Å². The molecule has 24 heavy (non-hydrogen) atoms. The van der Waals surface area contributed by atoms with Crippen LogP contribution in [-0.2, 0) is 4.74 Å². The van der Waals surface area contributed by atoms with Crippen molar-refractivity contribution >= 4 is 17.9 Å². The van der Waals surface area contributed by atoms with Gasteiger partial charge < -0.3 is 9.47 Å². The fourth-order valence-corrected chi connectivity index (χ4v) is 2.86. The average Bonchev–Trinajstić information content (AvgIpc) is 2.63. The highest BCUT2D eigenvalue weighted by atomic mass is 35.5. The molecule has 0 saturated carbocycles. The Hall–Kier alpha value is -1.88. The molecule has 0 aliphatic carbocycles. The second kappa shape index (κ2) is 8.29. The fourth-order valence-electron chi connectivity index (χ4n) is 2.74. The normalized spacial score (nSPS) is 15.2. The SMILES string of the molecule is O=Cc1cc(OCCN2CCOCC2)ccc1-c1ccc(Cl)cc1. The number of carbonyl (C=O) groups is 1. The van der Waals surface area contributed by atoms with Gasteiger partial charge in [-0.1, -0.05) is 23.7 Å². The van der Waals surface area contributed by atoms with Gasteiger partial charge in [0.05, 0.1) is 13.2 Å². The van der Waals surface area contributed by atoms with Gasteiger partial charge in [0.15, 0.2) is 6.29 Å². The number of morpholine rings is 1. The van der Waals surface area contributed by atoms with Crippen LogP contribution >= 0.6 is 11.6 Å². The molecule has 4 nitrogen and oxygen atoms in total. The molecule has 0 unspecified atom stereocenters. The zero-order chi connectivity index (χ0) is 16.8. The molecular formula is C19H20ClNO3.